The van der Waals surface area contributed by atoms with Crippen molar-refractivity contribution in [2.75, 3.05) is 38.2 Å². The molecule has 0 aliphatic carbocycles. The van der Waals surface area contributed by atoms with Gasteiger partial charge in [0.1, 0.15) is 5.82 Å². The van der Waals surface area contributed by atoms with E-state index >= 15 is 0 Å². The second-order valence-corrected chi connectivity index (χ2v) is 3.80. The highest BCUT2D eigenvalue weighted by Crippen LogP contribution is 2.09. The minimum Gasteiger partial charge on any atom is -0.395 e. The van der Waals surface area contributed by atoms with Crippen molar-refractivity contribution in [3.05, 3.63) is 23.9 Å². The van der Waals surface area contributed by atoms with E-state index in [-0.39, 0.29) is 13.2 Å². The van der Waals surface area contributed by atoms with Crippen LogP contribution in [0.1, 0.15) is 12.5 Å². The molecule has 96 valence electrons. The molecule has 0 aromatic carbocycles. The first kappa shape index (κ1) is 13.9. The van der Waals surface area contributed by atoms with Crippen LogP contribution in [0, 0.1) is 0 Å². The Kier molecular flexibility index (Phi) is 6.54. The largest absolute Gasteiger partial charge is 0.395 e. The third kappa shape index (κ3) is 5.12. The van der Waals surface area contributed by atoms with Crippen LogP contribution >= 0.6 is 0 Å². The minimum atomic E-state index is 0.102. The number of nitrogens with zero attached hydrogens (tertiary/aromatic N) is 2. The summed E-state index contributed by atoms with van der Waals surface area (Å²) in [7, 11) is 0. The summed E-state index contributed by atoms with van der Waals surface area (Å²) in [5, 5.41) is 21.0. The van der Waals surface area contributed by atoms with Gasteiger partial charge >= 0.3 is 0 Å². The van der Waals surface area contributed by atoms with Crippen LogP contribution in [0.3, 0.4) is 0 Å². The lowest BCUT2D eigenvalue weighted by molar-refractivity contribution is 0.156. The van der Waals surface area contributed by atoms with Crippen LogP contribution < -0.4 is 5.32 Å². The molecule has 0 spiro atoms. The zero-order valence-corrected chi connectivity index (χ0v) is 10.3. The predicted molar refractivity (Wildman–Crippen MR) is 67.8 cm³/mol. The van der Waals surface area contributed by atoms with Crippen molar-refractivity contribution in [2.24, 2.45) is 0 Å². The quantitative estimate of drug-likeness (QED) is 0.609. The number of rotatable bonds is 8. The van der Waals surface area contributed by atoms with E-state index in [1.165, 1.54) is 0 Å². The number of nitrogens with one attached hydrogen (secondary N) is 1. The fraction of sp³-hybridized carbons (Fsp3) is 0.583. The van der Waals surface area contributed by atoms with Crippen LogP contribution in [0.2, 0.25) is 0 Å². The van der Waals surface area contributed by atoms with Crippen LogP contribution in [0.5, 0.6) is 0 Å². The van der Waals surface area contributed by atoms with Crippen molar-refractivity contribution < 1.29 is 10.2 Å². The molecule has 0 radical (unpaired) electrons. The van der Waals surface area contributed by atoms with Gasteiger partial charge in [0.2, 0.25) is 0 Å². The van der Waals surface area contributed by atoms with Crippen molar-refractivity contribution in [1.29, 1.82) is 0 Å². The molecule has 0 aliphatic heterocycles. The smallest absolute Gasteiger partial charge is 0.126 e. The molecular formula is C12H21N3O2. The first-order chi connectivity index (χ1) is 8.30. The summed E-state index contributed by atoms with van der Waals surface area (Å²) in [4.78, 5) is 6.21. The van der Waals surface area contributed by atoms with Gasteiger partial charge in [0, 0.05) is 32.4 Å². The molecule has 5 heteroatoms. The molecular weight excluding hydrogens is 218 g/mol. The van der Waals surface area contributed by atoms with Crippen LogP contribution in [0.15, 0.2) is 18.3 Å². The van der Waals surface area contributed by atoms with Gasteiger partial charge < -0.3 is 15.5 Å². The Morgan fingerprint density at radius 1 is 1.29 bits per heavy atom. The topological polar surface area (TPSA) is 68.6 Å². The van der Waals surface area contributed by atoms with Crippen molar-refractivity contribution >= 4 is 5.82 Å². The average Bonchev–Trinajstić information content (AvgIpc) is 2.30. The Labute approximate surface area is 102 Å². The zero-order valence-electron chi connectivity index (χ0n) is 10.3. The van der Waals surface area contributed by atoms with Gasteiger partial charge in [-0.2, -0.15) is 0 Å². The Bertz CT molecular complexity index is 314. The summed E-state index contributed by atoms with van der Waals surface area (Å²) >= 11 is 0. The number of aliphatic hydroxyl groups excluding tert-OH is 2. The average molecular weight is 239 g/mol. The molecule has 5 nitrogen and oxygen atoms in total. The van der Waals surface area contributed by atoms with Gasteiger partial charge in [-0.15, -0.1) is 0 Å². The molecule has 0 saturated heterocycles. The van der Waals surface area contributed by atoms with Crippen molar-refractivity contribution in [3.8, 4) is 0 Å². The van der Waals surface area contributed by atoms with Crippen molar-refractivity contribution in [2.45, 2.75) is 13.5 Å². The lowest BCUT2D eigenvalue weighted by atomic mass is 10.2. The van der Waals surface area contributed by atoms with Gasteiger partial charge in [0.25, 0.3) is 0 Å². The second-order valence-electron chi connectivity index (χ2n) is 3.80. The highest BCUT2D eigenvalue weighted by Gasteiger charge is 2.05. The van der Waals surface area contributed by atoms with E-state index in [4.69, 9.17) is 10.2 Å². The van der Waals surface area contributed by atoms with Gasteiger partial charge in [0.05, 0.1) is 13.2 Å². The molecule has 1 rings (SSSR count). The van der Waals surface area contributed by atoms with E-state index in [9.17, 15) is 0 Å². The molecule has 0 atom stereocenters. The highest BCUT2D eigenvalue weighted by molar-refractivity contribution is 5.37. The van der Waals surface area contributed by atoms with Gasteiger partial charge in [0.15, 0.2) is 0 Å². The molecule has 0 amide bonds. The Balaban J connectivity index is 2.60. The number of aliphatic hydroxyl groups is 2. The van der Waals surface area contributed by atoms with Crippen LogP contribution in [-0.4, -0.2) is 52.9 Å². The van der Waals surface area contributed by atoms with Crippen LogP contribution in [0.25, 0.3) is 0 Å². The summed E-state index contributed by atoms with van der Waals surface area (Å²) < 4.78 is 0. The van der Waals surface area contributed by atoms with Crippen LogP contribution in [-0.2, 0) is 6.54 Å². The molecule has 0 fully saturated rings. The number of anilines is 1. The van der Waals surface area contributed by atoms with Crippen LogP contribution in [0.4, 0.5) is 5.82 Å². The van der Waals surface area contributed by atoms with E-state index in [0.29, 0.717) is 19.6 Å². The lowest BCUT2D eigenvalue weighted by Crippen LogP contribution is -2.29. The standard InChI is InChI=1S/C12H21N3O2/c1-2-13-12-9-11(3-4-14-12)10-15(5-7-16)6-8-17/h3-4,9,16-17H,2,5-8,10H2,1H3,(H,13,14). The Hall–Kier alpha value is -1.17. The summed E-state index contributed by atoms with van der Waals surface area (Å²) in [5.74, 6) is 0.859. The molecule has 1 aromatic rings. The van der Waals surface area contributed by atoms with E-state index in [2.05, 4.69) is 10.3 Å². The molecule has 0 bridgehead atoms. The Morgan fingerprint density at radius 2 is 2.00 bits per heavy atom. The predicted octanol–water partition coefficient (Wildman–Crippen LogP) is 0.300. The zero-order chi connectivity index (χ0) is 12.5. The molecule has 1 aromatic heterocycles. The lowest BCUT2D eigenvalue weighted by Gasteiger charge is -2.20. The van der Waals surface area contributed by atoms with E-state index < -0.39 is 0 Å². The number of hydrogen-bond donors (Lipinski definition) is 3. The van der Waals surface area contributed by atoms with Gasteiger partial charge in [-0.1, -0.05) is 0 Å². The maximum absolute atomic E-state index is 8.93. The molecule has 17 heavy (non-hydrogen) atoms. The number of aromatic nitrogens is 1. The van der Waals surface area contributed by atoms with E-state index in [1.54, 1.807) is 6.20 Å². The first-order valence-electron chi connectivity index (χ1n) is 5.93. The molecule has 0 aliphatic rings. The Morgan fingerprint density at radius 3 is 2.59 bits per heavy atom. The third-order valence-electron chi connectivity index (χ3n) is 2.42. The highest BCUT2D eigenvalue weighted by atomic mass is 16.3. The summed E-state index contributed by atoms with van der Waals surface area (Å²) in [6.45, 7) is 4.92. The van der Waals surface area contributed by atoms with Crippen molar-refractivity contribution in [1.82, 2.24) is 9.88 Å². The maximum atomic E-state index is 8.93. The molecule has 1 heterocycles. The minimum absolute atomic E-state index is 0.102. The summed E-state index contributed by atoms with van der Waals surface area (Å²) in [6, 6.07) is 3.94. The fourth-order valence-electron chi connectivity index (χ4n) is 1.66. The number of pyridine rings is 1. The SMILES string of the molecule is CCNc1cc(CN(CCO)CCO)ccn1. The maximum Gasteiger partial charge on any atom is 0.126 e. The van der Waals surface area contributed by atoms with Gasteiger partial charge in [-0.3, -0.25) is 4.90 Å². The van der Waals surface area contributed by atoms with E-state index in [0.717, 1.165) is 17.9 Å². The monoisotopic (exact) mass is 239 g/mol. The van der Waals surface area contributed by atoms with Gasteiger partial charge in [-0.05, 0) is 24.6 Å². The fourth-order valence-corrected chi connectivity index (χ4v) is 1.66. The molecule has 3 N–H and O–H groups in total. The third-order valence-corrected chi connectivity index (χ3v) is 2.42. The summed E-state index contributed by atoms with van der Waals surface area (Å²) in [5.41, 5.74) is 1.12. The number of hydrogen-bond acceptors (Lipinski definition) is 5. The van der Waals surface area contributed by atoms with E-state index in [1.807, 2.05) is 24.0 Å². The molecule has 0 unspecified atom stereocenters. The van der Waals surface area contributed by atoms with Gasteiger partial charge in [-0.25, -0.2) is 4.98 Å². The normalized spacial score (nSPS) is 10.8. The second kappa shape index (κ2) is 8.00. The molecule has 0 saturated carbocycles. The van der Waals surface area contributed by atoms with Crippen molar-refractivity contribution in [3.63, 3.8) is 0 Å². The first-order valence-corrected chi connectivity index (χ1v) is 5.93. The summed E-state index contributed by atoms with van der Waals surface area (Å²) in [6.07, 6.45) is 1.77.